The maximum Gasteiger partial charge on any atom is 0.326 e. The Morgan fingerprint density at radius 3 is 2.38 bits per heavy atom. The van der Waals surface area contributed by atoms with Crippen molar-refractivity contribution in [3.63, 3.8) is 0 Å². The van der Waals surface area contributed by atoms with E-state index in [1.54, 1.807) is 13.8 Å². The SMILES string of the molecule is CCCC(CC(=O)NO)C(=O)N1CCCC1C(=O)NC(C(=O)O)C(C)C. The number of hydrogen-bond acceptors (Lipinski definition) is 5. The van der Waals surface area contributed by atoms with Crippen molar-refractivity contribution in [1.29, 1.82) is 0 Å². The molecule has 3 amide bonds. The highest BCUT2D eigenvalue weighted by Gasteiger charge is 2.38. The molecular weight excluding hydrogens is 342 g/mol. The Morgan fingerprint density at radius 1 is 1.23 bits per heavy atom. The normalized spacial score (nSPS) is 19.1. The molecule has 1 fully saturated rings. The third-order valence-corrected chi connectivity index (χ3v) is 4.61. The van der Waals surface area contributed by atoms with Crippen LogP contribution in [0, 0.1) is 11.8 Å². The Labute approximate surface area is 153 Å². The summed E-state index contributed by atoms with van der Waals surface area (Å²) in [7, 11) is 0. The van der Waals surface area contributed by atoms with E-state index in [9.17, 15) is 24.3 Å². The smallest absolute Gasteiger partial charge is 0.326 e. The summed E-state index contributed by atoms with van der Waals surface area (Å²) in [6.45, 7) is 5.66. The van der Waals surface area contributed by atoms with Gasteiger partial charge in [0.1, 0.15) is 12.1 Å². The third-order valence-electron chi connectivity index (χ3n) is 4.61. The minimum absolute atomic E-state index is 0.155. The molecule has 0 bridgehead atoms. The lowest BCUT2D eigenvalue weighted by Crippen LogP contribution is -2.53. The van der Waals surface area contributed by atoms with Gasteiger partial charge in [-0.15, -0.1) is 0 Å². The zero-order chi connectivity index (χ0) is 19.9. The largest absolute Gasteiger partial charge is 0.480 e. The van der Waals surface area contributed by atoms with Crippen LogP contribution in [0.4, 0.5) is 0 Å². The molecule has 9 nitrogen and oxygen atoms in total. The highest BCUT2D eigenvalue weighted by molar-refractivity contribution is 5.92. The van der Waals surface area contributed by atoms with E-state index in [1.165, 1.54) is 10.4 Å². The first-order valence-corrected chi connectivity index (χ1v) is 8.99. The summed E-state index contributed by atoms with van der Waals surface area (Å²) >= 11 is 0. The summed E-state index contributed by atoms with van der Waals surface area (Å²) in [6, 6.07) is -1.76. The minimum Gasteiger partial charge on any atom is -0.480 e. The van der Waals surface area contributed by atoms with E-state index in [0.29, 0.717) is 32.2 Å². The summed E-state index contributed by atoms with van der Waals surface area (Å²) < 4.78 is 0. The fourth-order valence-corrected chi connectivity index (χ4v) is 3.23. The molecule has 4 N–H and O–H groups in total. The van der Waals surface area contributed by atoms with Gasteiger partial charge in [0.15, 0.2) is 0 Å². The number of amides is 3. The van der Waals surface area contributed by atoms with Crippen molar-refractivity contribution in [1.82, 2.24) is 15.7 Å². The number of nitrogens with one attached hydrogen (secondary N) is 2. The van der Waals surface area contributed by atoms with Gasteiger partial charge in [0.2, 0.25) is 17.7 Å². The van der Waals surface area contributed by atoms with Crippen LogP contribution in [0.3, 0.4) is 0 Å². The second-order valence-corrected chi connectivity index (χ2v) is 6.98. The molecule has 0 saturated carbocycles. The van der Waals surface area contributed by atoms with E-state index in [4.69, 9.17) is 5.21 Å². The first-order valence-electron chi connectivity index (χ1n) is 8.99. The highest BCUT2D eigenvalue weighted by atomic mass is 16.5. The zero-order valence-corrected chi connectivity index (χ0v) is 15.5. The van der Waals surface area contributed by atoms with Gasteiger partial charge in [0.25, 0.3) is 0 Å². The number of carbonyl (C=O) groups excluding carboxylic acids is 3. The van der Waals surface area contributed by atoms with Gasteiger partial charge in [-0.1, -0.05) is 27.2 Å². The molecule has 1 aliphatic heterocycles. The Kier molecular flexibility index (Phi) is 8.50. The standard InChI is InChI=1S/C17H29N3O6/c1-4-6-11(9-13(21)19-26)16(23)20-8-5-7-12(20)15(22)18-14(10(2)3)17(24)25/h10-12,14,26H,4-9H2,1-3H3,(H,18,22)(H,19,21)(H,24,25). The number of carboxylic acids is 1. The van der Waals surface area contributed by atoms with Crippen LogP contribution in [0.15, 0.2) is 0 Å². The summed E-state index contributed by atoms with van der Waals surface area (Å²) in [6.07, 6.45) is 2.06. The van der Waals surface area contributed by atoms with Crippen molar-refractivity contribution in [3.05, 3.63) is 0 Å². The fourth-order valence-electron chi connectivity index (χ4n) is 3.23. The summed E-state index contributed by atoms with van der Waals surface area (Å²) in [4.78, 5) is 49.5. The zero-order valence-electron chi connectivity index (χ0n) is 15.5. The molecule has 0 aromatic carbocycles. The molecule has 1 heterocycles. The van der Waals surface area contributed by atoms with Crippen LogP contribution in [-0.2, 0) is 19.2 Å². The van der Waals surface area contributed by atoms with Gasteiger partial charge >= 0.3 is 5.97 Å². The maximum absolute atomic E-state index is 12.8. The van der Waals surface area contributed by atoms with Crippen LogP contribution in [0.5, 0.6) is 0 Å². The molecule has 1 aliphatic rings. The fraction of sp³-hybridized carbons (Fsp3) is 0.765. The number of hydroxylamine groups is 1. The maximum atomic E-state index is 12.8. The molecule has 3 unspecified atom stereocenters. The molecule has 0 aromatic rings. The summed E-state index contributed by atoms with van der Waals surface area (Å²) in [5.74, 6) is -3.48. The van der Waals surface area contributed by atoms with Crippen molar-refractivity contribution in [2.24, 2.45) is 11.8 Å². The minimum atomic E-state index is -1.12. The van der Waals surface area contributed by atoms with E-state index in [0.717, 1.165) is 0 Å². The van der Waals surface area contributed by atoms with Crippen molar-refractivity contribution in [3.8, 4) is 0 Å². The summed E-state index contributed by atoms with van der Waals surface area (Å²) in [5, 5.41) is 20.4. The average Bonchev–Trinajstić information content (AvgIpc) is 3.07. The van der Waals surface area contributed by atoms with Gasteiger partial charge in [-0.25, -0.2) is 10.3 Å². The van der Waals surface area contributed by atoms with Crippen molar-refractivity contribution < 1.29 is 29.5 Å². The van der Waals surface area contributed by atoms with E-state index in [2.05, 4.69) is 5.32 Å². The van der Waals surface area contributed by atoms with Crippen LogP contribution in [0.2, 0.25) is 0 Å². The number of rotatable bonds is 9. The van der Waals surface area contributed by atoms with Crippen LogP contribution in [0.1, 0.15) is 52.9 Å². The molecule has 26 heavy (non-hydrogen) atoms. The number of hydrogen-bond donors (Lipinski definition) is 4. The van der Waals surface area contributed by atoms with E-state index in [-0.39, 0.29) is 18.2 Å². The first kappa shape index (κ1) is 21.9. The molecule has 148 valence electrons. The monoisotopic (exact) mass is 371 g/mol. The highest BCUT2D eigenvalue weighted by Crippen LogP contribution is 2.24. The van der Waals surface area contributed by atoms with Crippen LogP contribution in [0.25, 0.3) is 0 Å². The molecule has 1 rings (SSSR count). The van der Waals surface area contributed by atoms with Crippen molar-refractivity contribution in [2.75, 3.05) is 6.54 Å². The number of nitrogens with zero attached hydrogens (tertiary/aromatic N) is 1. The van der Waals surface area contributed by atoms with Crippen molar-refractivity contribution in [2.45, 2.75) is 65.0 Å². The van der Waals surface area contributed by atoms with Crippen LogP contribution in [-0.4, -0.2) is 57.5 Å². The van der Waals surface area contributed by atoms with Gasteiger partial charge in [-0.3, -0.25) is 19.6 Å². The second kappa shape index (κ2) is 10.1. The van der Waals surface area contributed by atoms with Gasteiger partial charge in [-0.2, -0.15) is 0 Å². The number of carbonyl (C=O) groups is 4. The molecule has 1 saturated heterocycles. The van der Waals surface area contributed by atoms with Gasteiger partial charge in [-0.05, 0) is 25.2 Å². The molecule has 3 atom stereocenters. The lowest BCUT2D eigenvalue weighted by atomic mass is 9.97. The molecule has 9 heteroatoms. The Balaban J connectivity index is 2.86. The van der Waals surface area contributed by atoms with Crippen LogP contribution >= 0.6 is 0 Å². The van der Waals surface area contributed by atoms with Crippen LogP contribution < -0.4 is 10.8 Å². The predicted molar refractivity (Wildman–Crippen MR) is 92.1 cm³/mol. The molecular formula is C17H29N3O6. The lowest BCUT2D eigenvalue weighted by Gasteiger charge is -2.29. The van der Waals surface area contributed by atoms with Gasteiger partial charge in [0, 0.05) is 18.9 Å². The topological polar surface area (TPSA) is 136 Å². The Morgan fingerprint density at radius 2 is 1.88 bits per heavy atom. The molecule has 0 radical (unpaired) electrons. The van der Waals surface area contributed by atoms with E-state index < -0.39 is 35.8 Å². The second-order valence-electron chi connectivity index (χ2n) is 6.98. The Bertz CT molecular complexity index is 537. The number of likely N-dealkylation sites (tertiary alicyclic amines) is 1. The Hall–Kier alpha value is -2.16. The molecule has 0 spiro atoms. The lowest BCUT2D eigenvalue weighted by molar-refractivity contribution is -0.147. The van der Waals surface area contributed by atoms with Gasteiger partial charge in [0.05, 0.1) is 0 Å². The first-order chi connectivity index (χ1) is 12.2. The number of aliphatic carboxylic acids is 1. The summed E-state index contributed by atoms with van der Waals surface area (Å²) in [5.41, 5.74) is 1.53. The molecule has 0 aliphatic carbocycles. The van der Waals surface area contributed by atoms with Crippen molar-refractivity contribution >= 4 is 23.7 Å². The van der Waals surface area contributed by atoms with Gasteiger partial charge < -0.3 is 15.3 Å². The predicted octanol–water partition coefficient (Wildman–Crippen LogP) is 0.515. The van der Waals surface area contributed by atoms with E-state index in [1.807, 2.05) is 6.92 Å². The number of carboxylic acid groups (broad SMARTS) is 1. The third kappa shape index (κ3) is 5.69. The molecule has 0 aromatic heterocycles. The van der Waals surface area contributed by atoms with E-state index >= 15 is 0 Å². The quantitative estimate of drug-likeness (QED) is 0.344. The average molecular weight is 371 g/mol.